The third-order valence-electron chi connectivity index (χ3n) is 5.67. The molecular formula is C22H23N3O5S. The van der Waals surface area contributed by atoms with Gasteiger partial charge in [-0.05, 0) is 48.6 Å². The van der Waals surface area contributed by atoms with Crippen molar-refractivity contribution >= 4 is 10.0 Å². The van der Waals surface area contributed by atoms with Gasteiger partial charge in [-0.3, -0.25) is 0 Å². The first kappa shape index (κ1) is 20.0. The second-order valence-electron chi connectivity index (χ2n) is 7.79. The Kier molecular flexibility index (Phi) is 5.15. The number of aromatic nitrogens is 2. The molecule has 0 saturated carbocycles. The topological polar surface area (TPSA) is 94.8 Å². The van der Waals surface area contributed by atoms with Crippen molar-refractivity contribution in [2.75, 3.05) is 19.5 Å². The number of hydrogen-bond donors (Lipinski definition) is 0. The van der Waals surface area contributed by atoms with Crippen molar-refractivity contribution in [1.29, 1.82) is 0 Å². The maximum atomic E-state index is 12.7. The zero-order chi connectivity index (χ0) is 21.4. The van der Waals surface area contributed by atoms with E-state index < -0.39 is 10.0 Å². The van der Waals surface area contributed by atoms with Crippen molar-refractivity contribution in [2.45, 2.75) is 31.8 Å². The molecule has 31 heavy (non-hydrogen) atoms. The van der Waals surface area contributed by atoms with Gasteiger partial charge in [-0.1, -0.05) is 29.4 Å². The van der Waals surface area contributed by atoms with Crippen LogP contribution in [0.15, 0.2) is 47.0 Å². The second-order valence-corrected chi connectivity index (χ2v) is 9.72. The molecule has 8 nitrogen and oxygen atoms in total. The van der Waals surface area contributed by atoms with Crippen molar-refractivity contribution < 1.29 is 22.4 Å². The Morgan fingerprint density at radius 3 is 2.74 bits per heavy atom. The van der Waals surface area contributed by atoms with Crippen LogP contribution >= 0.6 is 0 Å². The van der Waals surface area contributed by atoms with Gasteiger partial charge >= 0.3 is 0 Å². The number of benzene rings is 2. The molecule has 0 N–H and O–H groups in total. The quantitative estimate of drug-likeness (QED) is 0.599. The maximum Gasteiger partial charge on any atom is 0.242 e. The van der Waals surface area contributed by atoms with Crippen molar-refractivity contribution in [2.24, 2.45) is 0 Å². The van der Waals surface area contributed by atoms with E-state index in [2.05, 4.69) is 16.2 Å². The lowest BCUT2D eigenvalue weighted by molar-refractivity contribution is 0.171. The molecule has 9 heteroatoms. The largest absolute Gasteiger partial charge is 0.486 e. The summed E-state index contributed by atoms with van der Waals surface area (Å²) in [5.74, 6) is 1.94. The Balaban J connectivity index is 1.43. The first-order chi connectivity index (χ1) is 15.0. The van der Waals surface area contributed by atoms with Crippen LogP contribution < -0.4 is 9.47 Å². The van der Waals surface area contributed by atoms with Crippen LogP contribution in [0.25, 0.3) is 11.4 Å². The minimum absolute atomic E-state index is 0.0232. The van der Waals surface area contributed by atoms with Crippen molar-refractivity contribution in [3.63, 3.8) is 0 Å². The van der Waals surface area contributed by atoms with E-state index in [1.807, 2.05) is 30.3 Å². The fourth-order valence-electron chi connectivity index (χ4n) is 4.24. The number of fused-ring (bicyclic) bond motifs is 2. The van der Waals surface area contributed by atoms with Gasteiger partial charge < -0.3 is 14.0 Å². The van der Waals surface area contributed by atoms with E-state index in [1.54, 1.807) is 6.07 Å². The number of ether oxygens (including phenoxy) is 2. The van der Waals surface area contributed by atoms with Crippen LogP contribution in [0.3, 0.4) is 0 Å². The monoisotopic (exact) mass is 441 g/mol. The SMILES string of the molecule is CS(=O)(=O)N(Cc1nc(-c2ccc3c(c2)OCCO3)no1)C1CCCc2ccccc21. The number of sulfonamides is 1. The molecule has 1 atom stereocenters. The number of nitrogens with zero attached hydrogens (tertiary/aromatic N) is 3. The zero-order valence-electron chi connectivity index (χ0n) is 17.2. The van der Waals surface area contributed by atoms with E-state index in [9.17, 15) is 8.42 Å². The molecule has 3 aromatic rings. The molecule has 162 valence electrons. The third kappa shape index (κ3) is 4.03. The molecule has 0 saturated heterocycles. The molecular weight excluding hydrogens is 418 g/mol. The van der Waals surface area contributed by atoms with Crippen molar-refractivity contribution in [3.8, 4) is 22.9 Å². The summed E-state index contributed by atoms with van der Waals surface area (Å²) < 4.78 is 43.4. The zero-order valence-corrected chi connectivity index (χ0v) is 18.0. The van der Waals surface area contributed by atoms with Gasteiger partial charge in [-0.25, -0.2) is 8.42 Å². The molecule has 1 aromatic heterocycles. The highest BCUT2D eigenvalue weighted by Gasteiger charge is 2.33. The fraction of sp³-hybridized carbons (Fsp3) is 0.364. The summed E-state index contributed by atoms with van der Waals surface area (Å²) in [5, 5.41) is 4.06. The summed E-state index contributed by atoms with van der Waals surface area (Å²) in [7, 11) is -3.50. The van der Waals surface area contributed by atoms with E-state index in [1.165, 1.54) is 16.1 Å². The van der Waals surface area contributed by atoms with Gasteiger partial charge in [-0.2, -0.15) is 9.29 Å². The normalized spacial score (nSPS) is 18.1. The Hall–Kier alpha value is -2.91. The van der Waals surface area contributed by atoms with Gasteiger partial charge in [0.15, 0.2) is 11.5 Å². The number of hydrogen-bond acceptors (Lipinski definition) is 7. The first-order valence-corrected chi connectivity index (χ1v) is 12.1. The maximum absolute atomic E-state index is 12.7. The lowest BCUT2D eigenvalue weighted by Gasteiger charge is -2.33. The molecule has 0 bridgehead atoms. The van der Waals surface area contributed by atoms with Crippen LogP contribution in [-0.2, 0) is 23.0 Å². The average Bonchev–Trinajstić information content (AvgIpc) is 3.25. The van der Waals surface area contributed by atoms with Crippen LogP contribution in [0, 0.1) is 0 Å². The summed E-state index contributed by atoms with van der Waals surface area (Å²) in [4.78, 5) is 4.45. The van der Waals surface area contributed by atoms with Crippen molar-refractivity contribution in [1.82, 2.24) is 14.4 Å². The molecule has 0 radical (unpaired) electrons. The van der Waals surface area contributed by atoms with Gasteiger partial charge in [0.2, 0.25) is 21.7 Å². The highest BCUT2D eigenvalue weighted by Crippen LogP contribution is 2.37. The van der Waals surface area contributed by atoms with Crippen molar-refractivity contribution in [3.05, 3.63) is 59.5 Å². The van der Waals surface area contributed by atoms with E-state index in [-0.39, 0.29) is 18.5 Å². The summed E-state index contributed by atoms with van der Waals surface area (Å²) in [6.07, 6.45) is 3.87. The molecule has 2 aromatic carbocycles. The molecule has 2 aliphatic rings. The molecule has 1 aliphatic heterocycles. The second kappa shape index (κ2) is 7.97. The highest BCUT2D eigenvalue weighted by molar-refractivity contribution is 7.88. The van der Waals surface area contributed by atoms with Gasteiger partial charge in [0.1, 0.15) is 13.2 Å². The summed E-state index contributed by atoms with van der Waals surface area (Å²) in [6, 6.07) is 13.2. The minimum atomic E-state index is -3.50. The van der Waals surface area contributed by atoms with E-state index >= 15 is 0 Å². The molecule has 1 aliphatic carbocycles. The minimum Gasteiger partial charge on any atom is -0.486 e. The third-order valence-corrected chi connectivity index (χ3v) is 6.91. The van der Waals surface area contributed by atoms with Gasteiger partial charge in [0.25, 0.3) is 0 Å². The fourth-order valence-corrected chi connectivity index (χ4v) is 5.26. The molecule has 2 heterocycles. The number of aryl methyl sites for hydroxylation is 1. The predicted octanol–water partition coefficient (Wildman–Crippen LogP) is 3.35. The highest BCUT2D eigenvalue weighted by atomic mass is 32.2. The molecule has 1 unspecified atom stereocenters. The number of rotatable bonds is 5. The van der Waals surface area contributed by atoms with Crippen LogP contribution in [0.2, 0.25) is 0 Å². The summed E-state index contributed by atoms with van der Waals surface area (Å²) >= 11 is 0. The Morgan fingerprint density at radius 1 is 1.10 bits per heavy atom. The van der Waals surface area contributed by atoms with Crippen LogP contribution in [-0.4, -0.2) is 42.3 Å². The van der Waals surface area contributed by atoms with Crippen LogP contribution in [0.1, 0.15) is 35.9 Å². The van der Waals surface area contributed by atoms with Gasteiger partial charge in [0.05, 0.1) is 18.8 Å². The van der Waals surface area contributed by atoms with E-state index in [0.29, 0.717) is 36.1 Å². The molecule has 5 rings (SSSR count). The Labute approximate surface area is 180 Å². The Bertz CT molecular complexity index is 1210. The smallest absolute Gasteiger partial charge is 0.242 e. The van der Waals surface area contributed by atoms with Crippen LogP contribution in [0.5, 0.6) is 11.5 Å². The van der Waals surface area contributed by atoms with E-state index in [0.717, 1.165) is 24.8 Å². The molecule has 0 fully saturated rings. The van der Waals surface area contributed by atoms with Crippen LogP contribution in [0.4, 0.5) is 0 Å². The van der Waals surface area contributed by atoms with Gasteiger partial charge in [0, 0.05) is 5.56 Å². The Morgan fingerprint density at radius 2 is 1.90 bits per heavy atom. The molecule has 0 amide bonds. The predicted molar refractivity (Wildman–Crippen MR) is 113 cm³/mol. The first-order valence-electron chi connectivity index (χ1n) is 10.3. The molecule has 0 spiro atoms. The lowest BCUT2D eigenvalue weighted by atomic mass is 9.88. The van der Waals surface area contributed by atoms with Gasteiger partial charge in [-0.15, -0.1) is 0 Å². The summed E-state index contributed by atoms with van der Waals surface area (Å²) in [5.41, 5.74) is 2.95. The average molecular weight is 442 g/mol. The standard InChI is InChI=1S/C22H23N3O5S/c1-31(26,27)25(18-8-4-6-15-5-2-3-7-17(15)18)14-21-23-22(24-30-21)16-9-10-19-20(13-16)29-12-11-28-19/h2-3,5,7,9-10,13,18H,4,6,8,11-12,14H2,1H3. The summed E-state index contributed by atoms with van der Waals surface area (Å²) in [6.45, 7) is 1.03. The lowest BCUT2D eigenvalue weighted by Crippen LogP contribution is -2.35. The van der Waals surface area contributed by atoms with E-state index in [4.69, 9.17) is 14.0 Å².